The Morgan fingerprint density at radius 3 is 2.38 bits per heavy atom. The zero-order valence-corrected chi connectivity index (χ0v) is 26.4. The Morgan fingerprint density at radius 2 is 1.78 bits per heavy atom. The standard InChI is InChI=1S/C29H36F3N5O6S2/c1-3-6-21-7-9-22(10-8-21)19-34-26(39)25-20-36(28(40)35-27(33-2)44-18-5-4-17-38)15-16-37(25)45(41,42)24-13-11-23(12-14-24)43-29(30,31)32/h5,7-14,18,25,38H,3-4,6,15-17,19-20H2,1-2H3,(H,34,39)(H,33,35,40)/b18-5+/t25-/m1/s1. The van der Waals surface area contributed by atoms with Crippen molar-refractivity contribution in [2.24, 2.45) is 4.99 Å². The maximum atomic E-state index is 13.7. The molecule has 2 aromatic carbocycles. The summed E-state index contributed by atoms with van der Waals surface area (Å²) in [6, 6.07) is 9.36. The van der Waals surface area contributed by atoms with Gasteiger partial charge >= 0.3 is 12.4 Å². The van der Waals surface area contributed by atoms with Crippen molar-refractivity contribution in [2.75, 3.05) is 33.3 Å². The van der Waals surface area contributed by atoms with Gasteiger partial charge in [0, 0.05) is 39.8 Å². The molecule has 3 rings (SSSR count). The molecule has 11 nitrogen and oxygen atoms in total. The highest BCUT2D eigenvalue weighted by Crippen LogP contribution is 2.27. The number of carbonyl (C=O) groups excluding carboxylic acids is 2. The molecule has 45 heavy (non-hydrogen) atoms. The maximum absolute atomic E-state index is 13.7. The summed E-state index contributed by atoms with van der Waals surface area (Å²) < 4.78 is 69.9. The molecule has 0 saturated carbocycles. The molecule has 1 atom stereocenters. The monoisotopic (exact) mass is 671 g/mol. The first-order chi connectivity index (χ1) is 21.4. The average molecular weight is 672 g/mol. The summed E-state index contributed by atoms with van der Waals surface area (Å²) in [4.78, 5) is 31.6. The number of halogens is 3. The van der Waals surface area contributed by atoms with Gasteiger partial charge in [-0.25, -0.2) is 13.2 Å². The number of carbonyl (C=O) groups is 2. The summed E-state index contributed by atoms with van der Waals surface area (Å²) in [6.45, 7) is 1.50. The summed E-state index contributed by atoms with van der Waals surface area (Å²) in [5.74, 6) is -1.25. The van der Waals surface area contributed by atoms with E-state index < -0.39 is 40.1 Å². The molecular formula is C29H36F3N5O6S2. The van der Waals surface area contributed by atoms with Gasteiger partial charge in [0.25, 0.3) is 0 Å². The molecule has 1 fully saturated rings. The molecule has 1 heterocycles. The number of amides is 3. The molecule has 0 aliphatic carbocycles. The van der Waals surface area contributed by atoms with Crippen LogP contribution in [0.4, 0.5) is 18.0 Å². The third-order valence-electron chi connectivity index (χ3n) is 6.60. The Balaban J connectivity index is 1.81. The minimum absolute atomic E-state index is 0.0334. The van der Waals surface area contributed by atoms with Crippen LogP contribution in [-0.2, 0) is 27.8 Å². The molecule has 2 aromatic rings. The number of benzene rings is 2. The largest absolute Gasteiger partial charge is 0.573 e. The average Bonchev–Trinajstić information content (AvgIpc) is 3.01. The fourth-order valence-electron chi connectivity index (χ4n) is 4.38. The molecule has 0 spiro atoms. The molecule has 0 unspecified atom stereocenters. The molecule has 1 aliphatic rings. The number of sulfonamides is 1. The SMILES string of the molecule is CCCc1ccc(CNC(=O)[C@H]2CN(C(=O)NC(=NC)S/C=C/CCO)CCN2S(=O)(=O)c2ccc(OC(F)(F)F)cc2)cc1. The number of nitrogens with zero attached hydrogens (tertiary/aromatic N) is 3. The van der Waals surface area contributed by atoms with Gasteiger partial charge in [-0.15, -0.1) is 13.2 Å². The third kappa shape index (κ3) is 10.8. The lowest BCUT2D eigenvalue weighted by Gasteiger charge is -2.39. The van der Waals surface area contributed by atoms with Crippen LogP contribution in [0.25, 0.3) is 0 Å². The number of thioether (sulfide) groups is 1. The number of hydrogen-bond donors (Lipinski definition) is 3. The van der Waals surface area contributed by atoms with E-state index >= 15 is 0 Å². The van der Waals surface area contributed by atoms with Crippen molar-refractivity contribution in [3.63, 3.8) is 0 Å². The topological polar surface area (TPSA) is 141 Å². The summed E-state index contributed by atoms with van der Waals surface area (Å²) >= 11 is 1.11. The summed E-state index contributed by atoms with van der Waals surface area (Å²) in [5, 5.41) is 16.2. The van der Waals surface area contributed by atoms with Crippen molar-refractivity contribution >= 4 is 38.9 Å². The van der Waals surface area contributed by atoms with E-state index in [9.17, 15) is 31.2 Å². The molecule has 0 aromatic heterocycles. The molecule has 0 bridgehead atoms. The molecule has 0 radical (unpaired) electrons. The van der Waals surface area contributed by atoms with E-state index in [0.717, 1.165) is 64.3 Å². The van der Waals surface area contributed by atoms with Crippen LogP contribution >= 0.6 is 11.8 Å². The van der Waals surface area contributed by atoms with Crippen LogP contribution in [0.2, 0.25) is 0 Å². The highest BCUT2D eigenvalue weighted by Gasteiger charge is 2.41. The van der Waals surface area contributed by atoms with Gasteiger partial charge in [0.05, 0.1) is 4.90 Å². The number of aliphatic hydroxyl groups excluding tert-OH is 1. The number of hydrogen-bond acceptors (Lipinski definition) is 8. The Kier molecular flexibility index (Phi) is 13.3. The summed E-state index contributed by atoms with van der Waals surface area (Å²) in [7, 11) is -2.91. The van der Waals surface area contributed by atoms with Crippen molar-refractivity contribution in [1.29, 1.82) is 0 Å². The number of aliphatic imine (C=N–C) groups is 1. The van der Waals surface area contributed by atoms with Gasteiger partial charge < -0.3 is 20.1 Å². The van der Waals surface area contributed by atoms with Gasteiger partial charge in [-0.1, -0.05) is 55.4 Å². The number of urea groups is 1. The highest BCUT2D eigenvalue weighted by atomic mass is 32.2. The smallest absolute Gasteiger partial charge is 0.406 e. The highest BCUT2D eigenvalue weighted by molar-refractivity contribution is 8.16. The van der Waals surface area contributed by atoms with E-state index in [2.05, 4.69) is 27.3 Å². The first kappa shape index (κ1) is 35.9. The van der Waals surface area contributed by atoms with Gasteiger partial charge in [0.2, 0.25) is 15.9 Å². The van der Waals surface area contributed by atoms with Gasteiger partial charge in [0.15, 0.2) is 5.17 Å². The molecule has 3 N–H and O–H groups in total. The van der Waals surface area contributed by atoms with Crippen LogP contribution in [0.3, 0.4) is 0 Å². The third-order valence-corrected chi connectivity index (χ3v) is 9.36. The lowest BCUT2D eigenvalue weighted by Crippen LogP contribution is -2.62. The number of piperazine rings is 1. The number of nitrogens with one attached hydrogen (secondary N) is 2. The second kappa shape index (κ2) is 16.6. The Hall–Kier alpha value is -3.60. The van der Waals surface area contributed by atoms with Crippen LogP contribution < -0.4 is 15.4 Å². The quantitative estimate of drug-likeness (QED) is 0.244. The van der Waals surface area contributed by atoms with E-state index in [1.807, 2.05) is 24.3 Å². The zero-order chi connectivity index (χ0) is 33.0. The number of aliphatic hydroxyl groups is 1. The Labute approximate surface area is 264 Å². The zero-order valence-electron chi connectivity index (χ0n) is 24.8. The first-order valence-electron chi connectivity index (χ1n) is 14.1. The van der Waals surface area contributed by atoms with E-state index in [0.29, 0.717) is 6.42 Å². The van der Waals surface area contributed by atoms with Crippen molar-refractivity contribution < 1.29 is 41.0 Å². The number of rotatable bonds is 11. The molecule has 1 saturated heterocycles. The van der Waals surface area contributed by atoms with Crippen LogP contribution in [0.1, 0.15) is 30.9 Å². The Morgan fingerprint density at radius 1 is 1.11 bits per heavy atom. The predicted octanol–water partition coefficient (Wildman–Crippen LogP) is 3.85. The van der Waals surface area contributed by atoms with Gasteiger partial charge in [-0.3, -0.25) is 15.1 Å². The minimum Gasteiger partial charge on any atom is -0.406 e. The van der Waals surface area contributed by atoms with Gasteiger partial charge in [0.1, 0.15) is 11.8 Å². The minimum atomic E-state index is -4.95. The predicted molar refractivity (Wildman–Crippen MR) is 165 cm³/mol. The molecular weight excluding hydrogens is 635 g/mol. The van der Waals surface area contributed by atoms with Crippen LogP contribution in [0.5, 0.6) is 5.75 Å². The number of amidine groups is 1. The van der Waals surface area contributed by atoms with Gasteiger partial charge in [-0.05, 0) is 53.6 Å². The number of alkyl halides is 3. The van der Waals surface area contributed by atoms with Crippen molar-refractivity contribution in [3.8, 4) is 5.75 Å². The van der Waals surface area contributed by atoms with Crippen LogP contribution in [-0.4, -0.2) is 85.5 Å². The maximum Gasteiger partial charge on any atom is 0.573 e. The second-order valence-electron chi connectivity index (χ2n) is 9.84. The second-order valence-corrected chi connectivity index (χ2v) is 12.6. The lowest BCUT2D eigenvalue weighted by atomic mass is 10.1. The normalized spacial score (nSPS) is 16.5. The number of ether oxygens (including phenoxy) is 1. The van der Waals surface area contributed by atoms with E-state index in [1.165, 1.54) is 11.9 Å². The van der Waals surface area contributed by atoms with E-state index in [-0.39, 0.29) is 42.8 Å². The van der Waals surface area contributed by atoms with E-state index in [4.69, 9.17) is 5.11 Å². The molecule has 246 valence electrons. The first-order valence-corrected chi connectivity index (χ1v) is 16.4. The van der Waals surface area contributed by atoms with Crippen LogP contribution in [0.15, 0.2) is 69.9 Å². The van der Waals surface area contributed by atoms with Crippen molar-refractivity contribution in [2.45, 2.75) is 50.0 Å². The number of aryl methyl sites for hydroxylation is 1. The molecule has 3 amide bonds. The summed E-state index contributed by atoms with van der Waals surface area (Å²) in [6.07, 6.45) is -0.940. The fourth-order valence-corrected chi connectivity index (χ4v) is 6.57. The van der Waals surface area contributed by atoms with Crippen molar-refractivity contribution in [3.05, 3.63) is 71.1 Å². The van der Waals surface area contributed by atoms with Crippen molar-refractivity contribution in [1.82, 2.24) is 19.8 Å². The fraction of sp³-hybridized carbons (Fsp3) is 0.414. The molecule has 16 heteroatoms. The summed E-state index contributed by atoms with van der Waals surface area (Å²) in [5.41, 5.74) is 1.93. The lowest BCUT2D eigenvalue weighted by molar-refractivity contribution is -0.274. The van der Waals surface area contributed by atoms with E-state index in [1.54, 1.807) is 11.5 Å². The van der Waals surface area contributed by atoms with Gasteiger partial charge in [-0.2, -0.15) is 4.31 Å². The molecule has 1 aliphatic heterocycles. The van der Waals surface area contributed by atoms with Crippen LogP contribution in [0, 0.1) is 0 Å². The Bertz CT molecular complexity index is 1450.